The molecule has 0 saturated carbocycles. The van der Waals surface area contributed by atoms with E-state index in [9.17, 15) is 4.79 Å². The molecule has 1 atom stereocenters. The van der Waals surface area contributed by atoms with Crippen molar-refractivity contribution in [1.82, 2.24) is 19.4 Å². The van der Waals surface area contributed by atoms with Gasteiger partial charge >= 0.3 is 6.03 Å². The number of hydrogen-bond acceptors (Lipinski definition) is 3. The van der Waals surface area contributed by atoms with Gasteiger partial charge in [0, 0.05) is 51.3 Å². The van der Waals surface area contributed by atoms with Crippen LogP contribution in [-0.2, 0) is 13.6 Å². The van der Waals surface area contributed by atoms with Gasteiger partial charge in [0.15, 0.2) is 0 Å². The smallest absolute Gasteiger partial charge is 0.324 e. The van der Waals surface area contributed by atoms with Gasteiger partial charge in [0.05, 0.1) is 12.6 Å². The highest BCUT2D eigenvalue weighted by atomic mass is 16.2. The molecule has 1 aromatic carbocycles. The number of carbonyl (C=O) groups is 1. The van der Waals surface area contributed by atoms with Crippen LogP contribution in [0.5, 0.6) is 0 Å². The van der Waals surface area contributed by atoms with Gasteiger partial charge in [-0.2, -0.15) is 0 Å². The first-order chi connectivity index (χ1) is 11.2. The topological polar surface area (TPSA) is 44.6 Å². The molecular formula is C17H21N5O. The lowest BCUT2D eigenvalue weighted by atomic mass is 10.2. The van der Waals surface area contributed by atoms with Gasteiger partial charge in [0.2, 0.25) is 0 Å². The highest BCUT2D eigenvalue weighted by Gasteiger charge is 2.41. The lowest BCUT2D eigenvalue weighted by molar-refractivity contribution is 0.114. The summed E-state index contributed by atoms with van der Waals surface area (Å²) in [6, 6.07) is 10.3. The van der Waals surface area contributed by atoms with Crippen LogP contribution in [0.3, 0.4) is 0 Å². The number of hydrogen-bond donors (Lipinski definition) is 0. The molecule has 0 spiro atoms. The first-order valence-corrected chi connectivity index (χ1v) is 8.04. The molecule has 2 aromatic rings. The van der Waals surface area contributed by atoms with Gasteiger partial charge in [-0.1, -0.05) is 18.2 Å². The number of imidazole rings is 1. The van der Waals surface area contributed by atoms with E-state index >= 15 is 0 Å². The summed E-state index contributed by atoms with van der Waals surface area (Å²) in [4.78, 5) is 23.3. The van der Waals surface area contributed by atoms with Crippen LogP contribution in [0.1, 0.15) is 5.82 Å². The Hall–Kier alpha value is -2.34. The Labute approximate surface area is 135 Å². The maximum Gasteiger partial charge on any atom is 0.324 e. The van der Waals surface area contributed by atoms with E-state index in [1.807, 2.05) is 59.6 Å². The normalized spacial score (nSPS) is 21.8. The minimum absolute atomic E-state index is 0.137. The highest BCUT2D eigenvalue weighted by Crippen LogP contribution is 2.26. The molecule has 1 aromatic heterocycles. The van der Waals surface area contributed by atoms with E-state index < -0.39 is 0 Å². The first kappa shape index (κ1) is 14.3. The summed E-state index contributed by atoms with van der Waals surface area (Å²) >= 11 is 0. The minimum atomic E-state index is 0.137. The maximum absolute atomic E-state index is 12.6. The Morgan fingerprint density at radius 1 is 1.17 bits per heavy atom. The number of fused-ring (bicyclic) bond motifs is 1. The molecule has 0 N–H and O–H groups in total. The van der Waals surface area contributed by atoms with Gasteiger partial charge in [0.25, 0.3) is 0 Å². The lowest BCUT2D eigenvalue weighted by Crippen LogP contribution is -2.51. The monoisotopic (exact) mass is 311 g/mol. The Morgan fingerprint density at radius 2 is 2.00 bits per heavy atom. The van der Waals surface area contributed by atoms with Crippen molar-refractivity contribution in [3.8, 4) is 0 Å². The largest absolute Gasteiger partial charge is 0.337 e. The number of urea groups is 1. The van der Waals surface area contributed by atoms with Crippen molar-refractivity contribution < 1.29 is 4.79 Å². The van der Waals surface area contributed by atoms with Crippen LogP contribution in [-0.4, -0.2) is 57.6 Å². The van der Waals surface area contributed by atoms with Crippen molar-refractivity contribution >= 4 is 11.7 Å². The molecule has 6 heteroatoms. The third kappa shape index (κ3) is 2.59. The summed E-state index contributed by atoms with van der Waals surface area (Å²) in [7, 11) is 2.02. The van der Waals surface area contributed by atoms with E-state index in [2.05, 4.69) is 14.5 Å². The zero-order chi connectivity index (χ0) is 15.8. The maximum atomic E-state index is 12.6. The lowest BCUT2D eigenvalue weighted by Gasteiger charge is -2.36. The Morgan fingerprint density at radius 3 is 2.74 bits per heavy atom. The number of rotatable bonds is 3. The molecule has 4 rings (SSSR count). The molecule has 2 saturated heterocycles. The standard InChI is InChI=1S/C17H21N5O/c1-19-8-7-18-16(19)13-20-9-10-21-15(11-20)12-22(17(21)23)14-5-3-2-4-6-14/h2-8,15H,9-13H2,1H3/t15-/m1/s1. The molecule has 120 valence electrons. The predicted octanol–water partition coefficient (Wildman–Crippen LogP) is 1.55. The van der Waals surface area contributed by atoms with Crippen molar-refractivity contribution in [2.75, 3.05) is 31.1 Å². The fourth-order valence-corrected chi connectivity index (χ4v) is 3.49. The van der Waals surface area contributed by atoms with Crippen LogP contribution in [0.4, 0.5) is 10.5 Å². The van der Waals surface area contributed by atoms with Gasteiger partial charge in [-0.15, -0.1) is 0 Å². The Balaban J connectivity index is 1.46. The number of carbonyl (C=O) groups excluding carboxylic acids is 1. The number of nitrogens with zero attached hydrogens (tertiary/aromatic N) is 5. The van der Waals surface area contributed by atoms with Gasteiger partial charge in [-0.25, -0.2) is 9.78 Å². The summed E-state index contributed by atoms with van der Waals surface area (Å²) in [5.41, 5.74) is 0.988. The fraction of sp³-hybridized carbons (Fsp3) is 0.412. The van der Waals surface area contributed by atoms with E-state index in [0.29, 0.717) is 0 Å². The van der Waals surface area contributed by atoms with Gasteiger partial charge in [-0.05, 0) is 12.1 Å². The molecule has 6 nitrogen and oxygen atoms in total. The molecule has 3 heterocycles. The summed E-state index contributed by atoms with van der Waals surface area (Å²) < 4.78 is 2.06. The second-order valence-electron chi connectivity index (χ2n) is 6.27. The van der Waals surface area contributed by atoms with E-state index in [1.165, 1.54) is 0 Å². The average Bonchev–Trinajstić information content (AvgIpc) is 3.12. The van der Waals surface area contributed by atoms with Gasteiger partial charge in [-0.3, -0.25) is 9.80 Å². The number of anilines is 1. The molecule has 0 unspecified atom stereocenters. The number of piperazine rings is 1. The van der Waals surface area contributed by atoms with E-state index in [-0.39, 0.29) is 12.1 Å². The van der Waals surface area contributed by atoms with Crippen LogP contribution in [0.2, 0.25) is 0 Å². The average molecular weight is 311 g/mol. The summed E-state index contributed by atoms with van der Waals surface area (Å²) in [5.74, 6) is 1.07. The predicted molar refractivity (Wildman–Crippen MR) is 88.2 cm³/mol. The second-order valence-corrected chi connectivity index (χ2v) is 6.27. The van der Waals surface area contributed by atoms with Crippen LogP contribution < -0.4 is 4.90 Å². The van der Waals surface area contributed by atoms with Gasteiger partial charge in [0.1, 0.15) is 5.82 Å². The van der Waals surface area contributed by atoms with Crippen molar-refractivity contribution in [3.63, 3.8) is 0 Å². The fourth-order valence-electron chi connectivity index (χ4n) is 3.49. The molecule has 2 aliphatic heterocycles. The number of para-hydroxylation sites is 1. The molecule has 0 aliphatic carbocycles. The molecule has 23 heavy (non-hydrogen) atoms. The second kappa shape index (κ2) is 5.70. The molecule has 2 aliphatic rings. The zero-order valence-corrected chi connectivity index (χ0v) is 13.3. The SMILES string of the molecule is Cn1ccnc1CN1CCN2C(=O)N(c3ccccc3)C[C@H]2C1. The van der Waals surface area contributed by atoms with E-state index in [1.54, 1.807) is 0 Å². The Bertz CT molecular complexity index is 698. The van der Waals surface area contributed by atoms with Crippen LogP contribution in [0, 0.1) is 0 Å². The molecular weight excluding hydrogens is 290 g/mol. The third-order valence-corrected chi connectivity index (χ3v) is 4.79. The summed E-state index contributed by atoms with van der Waals surface area (Å²) in [5, 5.41) is 0. The molecule has 0 bridgehead atoms. The number of benzene rings is 1. The highest BCUT2D eigenvalue weighted by molar-refractivity contribution is 5.94. The van der Waals surface area contributed by atoms with E-state index in [4.69, 9.17) is 0 Å². The van der Waals surface area contributed by atoms with Crippen molar-refractivity contribution in [2.45, 2.75) is 12.6 Å². The first-order valence-electron chi connectivity index (χ1n) is 8.04. The van der Waals surface area contributed by atoms with Crippen molar-refractivity contribution in [2.24, 2.45) is 7.05 Å². The summed E-state index contributed by atoms with van der Waals surface area (Å²) in [6.45, 7) is 4.20. The minimum Gasteiger partial charge on any atom is -0.337 e. The number of amides is 2. The van der Waals surface area contributed by atoms with Crippen LogP contribution in [0.25, 0.3) is 0 Å². The number of aromatic nitrogens is 2. The summed E-state index contributed by atoms with van der Waals surface area (Å²) in [6.07, 6.45) is 3.81. The number of aryl methyl sites for hydroxylation is 1. The third-order valence-electron chi connectivity index (χ3n) is 4.79. The van der Waals surface area contributed by atoms with Crippen molar-refractivity contribution in [3.05, 3.63) is 48.5 Å². The van der Waals surface area contributed by atoms with E-state index in [0.717, 1.165) is 44.2 Å². The van der Waals surface area contributed by atoms with Gasteiger partial charge < -0.3 is 9.47 Å². The molecule has 2 amide bonds. The Kier molecular flexibility index (Phi) is 3.53. The zero-order valence-electron chi connectivity index (χ0n) is 13.3. The van der Waals surface area contributed by atoms with Crippen LogP contribution >= 0.6 is 0 Å². The molecule has 2 fully saturated rings. The van der Waals surface area contributed by atoms with Crippen molar-refractivity contribution in [1.29, 1.82) is 0 Å². The van der Waals surface area contributed by atoms with Crippen LogP contribution in [0.15, 0.2) is 42.7 Å². The quantitative estimate of drug-likeness (QED) is 0.864. The molecule has 0 radical (unpaired) electrons.